The third kappa shape index (κ3) is 5.88. The van der Waals surface area contributed by atoms with E-state index in [1.165, 1.54) is 0 Å². The topological polar surface area (TPSA) is 26.3 Å². The van der Waals surface area contributed by atoms with E-state index < -0.39 is 0 Å². The quantitative estimate of drug-likeness (QED) is 0.494. The maximum atomic E-state index is 11.6. The van der Waals surface area contributed by atoms with Gasteiger partial charge in [0.2, 0.25) is 0 Å². The van der Waals surface area contributed by atoms with Crippen molar-refractivity contribution in [1.29, 1.82) is 0 Å². The van der Waals surface area contributed by atoms with E-state index in [0.29, 0.717) is 17.9 Å². The second-order valence-corrected chi connectivity index (χ2v) is 4.92. The molecule has 3 heteroatoms. The van der Waals surface area contributed by atoms with Crippen LogP contribution >= 0.6 is 12.2 Å². The van der Waals surface area contributed by atoms with Gasteiger partial charge in [-0.15, -0.1) is 0 Å². The van der Waals surface area contributed by atoms with Gasteiger partial charge in [-0.05, 0) is 18.6 Å². The van der Waals surface area contributed by atoms with Crippen LogP contribution in [-0.4, -0.2) is 17.9 Å². The lowest BCUT2D eigenvalue weighted by atomic mass is 9.87. The summed E-state index contributed by atoms with van der Waals surface area (Å²) in [6.45, 7) is 6.04. The van der Waals surface area contributed by atoms with Crippen molar-refractivity contribution in [3.05, 3.63) is 0 Å². The fourth-order valence-electron chi connectivity index (χ4n) is 1.50. The van der Waals surface area contributed by atoms with Crippen LogP contribution in [0.3, 0.4) is 0 Å². The van der Waals surface area contributed by atoms with Gasteiger partial charge in [-0.25, -0.2) is 0 Å². The van der Waals surface area contributed by atoms with E-state index in [0.717, 1.165) is 19.3 Å². The van der Waals surface area contributed by atoms with E-state index in [-0.39, 0.29) is 11.2 Å². The van der Waals surface area contributed by atoms with Crippen molar-refractivity contribution < 1.29 is 9.53 Å². The van der Waals surface area contributed by atoms with Gasteiger partial charge in [0.15, 0.2) is 5.05 Å². The number of unbranched alkanes of at least 4 members (excludes halogenated alkanes) is 2. The highest BCUT2D eigenvalue weighted by atomic mass is 32.1. The normalized spacial score (nSPS) is 11.2. The number of hydrogen-bond acceptors (Lipinski definition) is 3. The standard InChI is InChI=1S/C12H22O2S/c1-5-6-7-8-10(13)9-12(2,3)11(15)14-4/h5-9H2,1-4H3. The molecule has 0 N–H and O–H groups in total. The van der Waals surface area contributed by atoms with Gasteiger partial charge in [-0.1, -0.05) is 33.6 Å². The predicted molar refractivity (Wildman–Crippen MR) is 67.2 cm³/mol. The number of methoxy groups -OCH3 is 1. The zero-order chi connectivity index (χ0) is 11.9. The molecule has 0 bridgehead atoms. The Balaban J connectivity index is 3.99. The lowest BCUT2D eigenvalue weighted by molar-refractivity contribution is -0.120. The van der Waals surface area contributed by atoms with E-state index in [9.17, 15) is 4.79 Å². The Morgan fingerprint density at radius 1 is 1.33 bits per heavy atom. The van der Waals surface area contributed by atoms with Crippen molar-refractivity contribution in [2.24, 2.45) is 5.41 Å². The molecule has 0 radical (unpaired) electrons. The highest BCUT2D eigenvalue weighted by Crippen LogP contribution is 2.24. The summed E-state index contributed by atoms with van der Waals surface area (Å²) in [6.07, 6.45) is 4.42. The van der Waals surface area contributed by atoms with Gasteiger partial charge in [0, 0.05) is 18.3 Å². The second kappa shape index (κ2) is 6.94. The Labute approximate surface area is 98.4 Å². The van der Waals surface area contributed by atoms with Crippen LogP contribution in [0, 0.1) is 5.41 Å². The molecule has 0 amide bonds. The minimum absolute atomic E-state index is 0.285. The molecule has 88 valence electrons. The molecule has 0 unspecified atom stereocenters. The van der Waals surface area contributed by atoms with Crippen molar-refractivity contribution >= 4 is 23.1 Å². The molecule has 0 spiro atoms. The summed E-state index contributed by atoms with van der Waals surface area (Å²) in [5.41, 5.74) is -0.312. The first-order chi connectivity index (χ1) is 6.94. The smallest absolute Gasteiger partial charge is 0.165 e. The molecule has 0 aliphatic heterocycles. The Kier molecular flexibility index (Phi) is 6.73. The molecule has 0 aliphatic rings. The van der Waals surface area contributed by atoms with Crippen molar-refractivity contribution in [3.63, 3.8) is 0 Å². The molecule has 0 atom stereocenters. The highest BCUT2D eigenvalue weighted by molar-refractivity contribution is 7.80. The predicted octanol–water partition coefficient (Wildman–Crippen LogP) is 3.53. The minimum Gasteiger partial charge on any atom is -0.490 e. The van der Waals surface area contributed by atoms with Crippen LogP contribution in [0.4, 0.5) is 0 Å². The van der Waals surface area contributed by atoms with Gasteiger partial charge in [0.25, 0.3) is 0 Å². The SMILES string of the molecule is CCCCCC(=O)CC(C)(C)C(=S)OC. The third-order valence-corrected chi connectivity index (χ3v) is 3.16. The van der Waals surface area contributed by atoms with Crippen LogP contribution in [0.25, 0.3) is 0 Å². The van der Waals surface area contributed by atoms with Crippen molar-refractivity contribution in [2.45, 2.75) is 52.9 Å². The van der Waals surface area contributed by atoms with Gasteiger partial charge in [0.1, 0.15) is 5.78 Å². The van der Waals surface area contributed by atoms with Crippen LogP contribution in [0.15, 0.2) is 0 Å². The summed E-state index contributed by atoms with van der Waals surface area (Å²) in [7, 11) is 1.56. The Morgan fingerprint density at radius 3 is 2.40 bits per heavy atom. The van der Waals surface area contributed by atoms with Gasteiger partial charge in [-0.3, -0.25) is 4.79 Å². The van der Waals surface area contributed by atoms with Gasteiger partial charge >= 0.3 is 0 Å². The van der Waals surface area contributed by atoms with Crippen LogP contribution in [-0.2, 0) is 9.53 Å². The first kappa shape index (κ1) is 14.6. The molecule has 0 aliphatic carbocycles. The van der Waals surface area contributed by atoms with Crippen molar-refractivity contribution in [3.8, 4) is 0 Å². The number of ether oxygens (including phenoxy) is 1. The van der Waals surface area contributed by atoms with Crippen LogP contribution in [0.5, 0.6) is 0 Å². The number of Topliss-reactive ketones (excluding diaryl/α,β-unsaturated/α-hetero) is 1. The number of thiocarbonyl (C=S) groups is 1. The maximum Gasteiger partial charge on any atom is 0.165 e. The zero-order valence-corrected chi connectivity index (χ0v) is 11.1. The maximum absolute atomic E-state index is 11.6. The molecule has 0 rings (SSSR count). The number of rotatable bonds is 7. The van der Waals surface area contributed by atoms with Gasteiger partial charge < -0.3 is 4.74 Å². The summed E-state index contributed by atoms with van der Waals surface area (Å²) in [6, 6.07) is 0. The summed E-state index contributed by atoms with van der Waals surface area (Å²) in [4.78, 5) is 11.6. The van der Waals surface area contributed by atoms with E-state index >= 15 is 0 Å². The number of hydrogen-bond donors (Lipinski definition) is 0. The Bertz CT molecular complexity index is 222. The molecule has 2 nitrogen and oxygen atoms in total. The fourth-order valence-corrected chi connectivity index (χ4v) is 1.57. The molecule has 0 fully saturated rings. The van der Waals surface area contributed by atoms with Crippen molar-refractivity contribution in [1.82, 2.24) is 0 Å². The van der Waals surface area contributed by atoms with Crippen LogP contribution in [0.1, 0.15) is 52.9 Å². The average molecular weight is 230 g/mol. The van der Waals surface area contributed by atoms with Gasteiger partial charge in [0.05, 0.1) is 7.11 Å². The van der Waals surface area contributed by atoms with Gasteiger partial charge in [-0.2, -0.15) is 0 Å². The summed E-state index contributed by atoms with van der Waals surface area (Å²) < 4.78 is 5.02. The van der Waals surface area contributed by atoms with E-state index in [4.69, 9.17) is 17.0 Å². The van der Waals surface area contributed by atoms with Crippen molar-refractivity contribution in [2.75, 3.05) is 7.11 Å². The lowest BCUT2D eigenvalue weighted by Crippen LogP contribution is -2.27. The molecule has 0 aromatic heterocycles. The van der Waals surface area contributed by atoms with E-state index in [1.54, 1.807) is 7.11 Å². The molecule has 0 aromatic rings. The number of carbonyl (C=O) groups excluding carboxylic acids is 1. The van der Waals surface area contributed by atoms with Crippen LogP contribution < -0.4 is 0 Å². The Morgan fingerprint density at radius 2 is 1.93 bits per heavy atom. The monoisotopic (exact) mass is 230 g/mol. The van der Waals surface area contributed by atoms with E-state index in [1.807, 2.05) is 13.8 Å². The molecule has 0 saturated heterocycles. The third-order valence-electron chi connectivity index (χ3n) is 2.44. The second-order valence-electron chi connectivity index (χ2n) is 4.55. The molecule has 15 heavy (non-hydrogen) atoms. The average Bonchev–Trinajstić information content (AvgIpc) is 2.16. The molecule has 0 saturated carbocycles. The minimum atomic E-state index is -0.312. The molecular formula is C12H22O2S. The largest absolute Gasteiger partial charge is 0.490 e. The molecule has 0 aromatic carbocycles. The first-order valence-corrected chi connectivity index (χ1v) is 5.95. The zero-order valence-electron chi connectivity index (χ0n) is 10.3. The molecule has 0 heterocycles. The molecular weight excluding hydrogens is 208 g/mol. The van der Waals surface area contributed by atoms with E-state index in [2.05, 4.69) is 6.92 Å². The first-order valence-electron chi connectivity index (χ1n) is 5.54. The lowest BCUT2D eigenvalue weighted by Gasteiger charge is -2.23. The van der Waals surface area contributed by atoms with Crippen LogP contribution in [0.2, 0.25) is 0 Å². The highest BCUT2D eigenvalue weighted by Gasteiger charge is 2.27. The summed E-state index contributed by atoms with van der Waals surface area (Å²) >= 11 is 5.07. The number of carbonyl (C=O) groups is 1. The summed E-state index contributed by atoms with van der Waals surface area (Å²) in [5.74, 6) is 0.285. The number of ketones is 1. The fraction of sp³-hybridized carbons (Fsp3) is 0.833. The Hall–Kier alpha value is -0.440. The summed E-state index contributed by atoms with van der Waals surface area (Å²) in [5, 5.41) is 0.520.